The summed E-state index contributed by atoms with van der Waals surface area (Å²) in [5.41, 5.74) is 1.78. The van der Waals surface area contributed by atoms with Crippen LogP contribution >= 0.6 is 0 Å². The van der Waals surface area contributed by atoms with Crippen molar-refractivity contribution in [3.05, 3.63) is 29.3 Å². The molecule has 1 aromatic rings. The van der Waals surface area contributed by atoms with E-state index in [1.807, 2.05) is 12.1 Å². The first-order valence-electron chi connectivity index (χ1n) is 10.3. The highest BCUT2D eigenvalue weighted by atomic mass is 16.7. The van der Waals surface area contributed by atoms with Gasteiger partial charge in [-0.2, -0.15) is 0 Å². The number of hydrogen-bond acceptors (Lipinski definition) is 3. The molecule has 2 fully saturated rings. The first kappa shape index (κ1) is 17.8. The average molecular weight is 358 g/mol. The van der Waals surface area contributed by atoms with Crippen molar-refractivity contribution in [2.75, 3.05) is 0 Å². The Morgan fingerprint density at radius 3 is 2.12 bits per heavy atom. The Morgan fingerprint density at radius 1 is 1.00 bits per heavy atom. The maximum absolute atomic E-state index is 11.8. The fourth-order valence-corrected chi connectivity index (χ4v) is 5.56. The fourth-order valence-electron chi connectivity index (χ4n) is 5.56. The van der Waals surface area contributed by atoms with Crippen LogP contribution in [0.1, 0.15) is 75.3 Å². The van der Waals surface area contributed by atoms with Crippen molar-refractivity contribution < 1.29 is 19.4 Å². The number of fused-ring (bicyclic) bond motifs is 1. The van der Waals surface area contributed by atoms with E-state index in [1.54, 1.807) is 0 Å². The third-order valence-electron chi connectivity index (χ3n) is 6.72. The molecule has 0 bridgehead atoms. The van der Waals surface area contributed by atoms with Crippen molar-refractivity contribution in [3.8, 4) is 5.75 Å². The number of carboxylic acids is 1. The Balaban J connectivity index is 1.86. The molecule has 0 aromatic heterocycles. The van der Waals surface area contributed by atoms with Crippen molar-refractivity contribution in [1.29, 1.82) is 0 Å². The minimum atomic E-state index is -1.20. The summed E-state index contributed by atoms with van der Waals surface area (Å²) in [6, 6.07) is 6.15. The summed E-state index contributed by atoms with van der Waals surface area (Å²) in [6.45, 7) is 2.09. The summed E-state index contributed by atoms with van der Waals surface area (Å²) < 4.78 is 12.2. The first-order chi connectivity index (χ1) is 12.6. The zero-order valence-corrected chi connectivity index (χ0v) is 15.7. The third-order valence-corrected chi connectivity index (χ3v) is 6.72. The normalized spacial score (nSPS) is 26.7. The lowest BCUT2D eigenvalue weighted by molar-refractivity contribution is -0.252. The van der Waals surface area contributed by atoms with Crippen molar-refractivity contribution in [3.63, 3.8) is 0 Å². The number of rotatable bonds is 3. The van der Waals surface area contributed by atoms with Gasteiger partial charge >= 0.3 is 5.97 Å². The third kappa shape index (κ3) is 3.02. The van der Waals surface area contributed by atoms with Gasteiger partial charge in [0, 0.05) is 5.56 Å². The quantitative estimate of drug-likeness (QED) is 0.810. The largest absolute Gasteiger partial charge is 0.477 e. The number of carboxylic acid groups (broad SMARTS) is 1. The number of benzene rings is 1. The SMILES string of the molecule is Cc1ccc2c(c1)C(C1CCCCC1)(C1CCCCC1)OC(C(=O)O)O2. The number of carbonyl (C=O) groups is 1. The van der Waals surface area contributed by atoms with Gasteiger partial charge in [-0.05, 0) is 56.6 Å². The summed E-state index contributed by atoms with van der Waals surface area (Å²) in [5.74, 6) is 0.453. The van der Waals surface area contributed by atoms with Crippen LogP contribution < -0.4 is 4.74 Å². The van der Waals surface area contributed by atoms with Crippen LogP contribution in [0.2, 0.25) is 0 Å². The molecule has 0 saturated heterocycles. The minimum Gasteiger partial charge on any atom is -0.477 e. The molecular weight excluding hydrogens is 328 g/mol. The molecule has 1 N–H and O–H groups in total. The average Bonchev–Trinajstić information content (AvgIpc) is 2.68. The molecule has 4 nitrogen and oxygen atoms in total. The van der Waals surface area contributed by atoms with Crippen LogP contribution in [-0.4, -0.2) is 17.4 Å². The number of ether oxygens (including phenoxy) is 2. The molecule has 4 rings (SSSR count). The van der Waals surface area contributed by atoms with Crippen LogP contribution in [0.5, 0.6) is 5.75 Å². The molecule has 1 unspecified atom stereocenters. The highest BCUT2D eigenvalue weighted by Crippen LogP contribution is 2.56. The van der Waals surface area contributed by atoms with E-state index in [0.717, 1.165) is 31.2 Å². The topological polar surface area (TPSA) is 55.8 Å². The first-order valence-corrected chi connectivity index (χ1v) is 10.3. The van der Waals surface area contributed by atoms with Gasteiger partial charge < -0.3 is 14.6 Å². The molecule has 26 heavy (non-hydrogen) atoms. The van der Waals surface area contributed by atoms with Crippen molar-refractivity contribution in [1.82, 2.24) is 0 Å². The summed E-state index contributed by atoms with van der Waals surface area (Å²) in [5, 5.41) is 9.70. The zero-order chi connectivity index (χ0) is 18.1. The summed E-state index contributed by atoms with van der Waals surface area (Å²) >= 11 is 0. The maximum Gasteiger partial charge on any atom is 0.373 e. The van der Waals surface area contributed by atoms with E-state index >= 15 is 0 Å². The molecular formula is C22H30O4. The lowest BCUT2D eigenvalue weighted by atomic mass is 9.62. The van der Waals surface area contributed by atoms with E-state index in [9.17, 15) is 9.90 Å². The second kappa shape index (κ2) is 7.22. The van der Waals surface area contributed by atoms with Crippen LogP contribution in [0, 0.1) is 18.8 Å². The fraction of sp³-hybridized carbons (Fsp3) is 0.682. The maximum atomic E-state index is 11.8. The Kier molecular flexibility index (Phi) is 4.96. The molecule has 1 heterocycles. The predicted molar refractivity (Wildman–Crippen MR) is 99.1 cm³/mol. The van der Waals surface area contributed by atoms with Gasteiger partial charge in [-0.25, -0.2) is 4.79 Å². The molecule has 1 aromatic carbocycles. The van der Waals surface area contributed by atoms with Crippen LogP contribution in [0.4, 0.5) is 0 Å². The van der Waals surface area contributed by atoms with Gasteiger partial charge in [-0.15, -0.1) is 0 Å². The molecule has 142 valence electrons. The van der Waals surface area contributed by atoms with Crippen LogP contribution in [-0.2, 0) is 15.1 Å². The van der Waals surface area contributed by atoms with E-state index in [-0.39, 0.29) is 0 Å². The summed E-state index contributed by atoms with van der Waals surface area (Å²) in [4.78, 5) is 11.8. The van der Waals surface area contributed by atoms with Crippen LogP contribution in [0.15, 0.2) is 18.2 Å². The van der Waals surface area contributed by atoms with Gasteiger partial charge in [0.25, 0.3) is 6.29 Å². The highest BCUT2D eigenvalue weighted by Gasteiger charge is 2.54. The van der Waals surface area contributed by atoms with Crippen molar-refractivity contribution in [2.45, 2.75) is 83.0 Å². The molecule has 0 radical (unpaired) electrons. The Morgan fingerprint density at radius 2 is 1.58 bits per heavy atom. The molecule has 2 aliphatic carbocycles. The van der Waals surface area contributed by atoms with E-state index in [1.165, 1.54) is 44.1 Å². The predicted octanol–water partition coefficient (Wildman–Crippen LogP) is 5.17. The second-order valence-corrected chi connectivity index (χ2v) is 8.37. The number of aliphatic carboxylic acids is 1. The van der Waals surface area contributed by atoms with Crippen molar-refractivity contribution >= 4 is 5.97 Å². The molecule has 1 atom stereocenters. The van der Waals surface area contributed by atoms with Gasteiger partial charge in [-0.1, -0.05) is 50.2 Å². The van der Waals surface area contributed by atoms with E-state index < -0.39 is 17.9 Å². The highest BCUT2D eigenvalue weighted by molar-refractivity contribution is 5.72. The van der Waals surface area contributed by atoms with Gasteiger partial charge in [-0.3, -0.25) is 0 Å². The molecule has 3 aliphatic rings. The monoisotopic (exact) mass is 358 g/mol. The number of aryl methyl sites for hydroxylation is 1. The molecule has 2 saturated carbocycles. The van der Waals surface area contributed by atoms with Gasteiger partial charge in [0.2, 0.25) is 0 Å². The molecule has 4 heteroatoms. The van der Waals surface area contributed by atoms with E-state index in [2.05, 4.69) is 13.0 Å². The second-order valence-electron chi connectivity index (χ2n) is 8.37. The van der Waals surface area contributed by atoms with Gasteiger partial charge in [0.05, 0.1) is 0 Å². The number of hydrogen-bond donors (Lipinski definition) is 1. The van der Waals surface area contributed by atoms with E-state index in [0.29, 0.717) is 17.6 Å². The summed E-state index contributed by atoms with van der Waals surface area (Å²) in [7, 11) is 0. The van der Waals surface area contributed by atoms with Gasteiger partial charge in [0.1, 0.15) is 11.4 Å². The zero-order valence-electron chi connectivity index (χ0n) is 15.7. The van der Waals surface area contributed by atoms with Crippen LogP contribution in [0.25, 0.3) is 0 Å². The Hall–Kier alpha value is -1.55. The lowest BCUT2D eigenvalue weighted by Gasteiger charge is -2.52. The Bertz CT molecular complexity index is 638. The molecule has 0 spiro atoms. The lowest BCUT2D eigenvalue weighted by Crippen LogP contribution is -2.54. The molecule has 1 aliphatic heterocycles. The standard InChI is InChI=1S/C22H30O4/c1-15-12-13-19-18(14-15)22(16-8-4-2-5-9-16,17-10-6-3-7-11-17)26-21(25-19)20(23)24/h12-14,16-17,21H,2-11H2,1H3,(H,23,24). The van der Waals surface area contributed by atoms with E-state index in [4.69, 9.17) is 9.47 Å². The summed E-state index contributed by atoms with van der Waals surface area (Å²) in [6.07, 6.45) is 10.7. The smallest absolute Gasteiger partial charge is 0.373 e. The Labute approximate surface area is 155 Å². The van der Waals surface area contributed by atoms with Crippen LogP contribution in [0.3, 0.4) is 0 Å². The molecule has 0 amide bonds. The van der Waals surface area contributed by atoms with Crippen molar-refractivity contribution in [2.24, 2.45) is 11.8 Å². The van der Waals surface area contributed by atoms with Gasteiger partial charge in [0.15, 0.2) is 0 Å². The minimum absolute atomic E-state index is 0.380.